The van der Waals surface area contributed by atoms with E-state index in [1.807, 2.05) is 22.6 Å². The molecule has 6 nitrogen and oxygen atoms in total. The zero-order valence-electron chi connectivity index (χ0n) is 11.7. The number of nitrogens with one attached hydrogen (secondary N) is 1. The van der Waals surface area contributed by atoms with Crippen LogP contribution in [0, 0.1) is 9.39 Å². The van der Waals surface area contributed by atoms with Crippen LogP contribution < -0.4 is 11.1 Å². The van der Waals surface area contributed by atoms with Gasteiger partial charge in [0.05, 0.1) is 21.2 Å². The second kappa shape index (κ2) is 6.56. The number of carbonyl (C=O) groups is 1. The van der Waals surface area contributed by atoms with Crippen molar-refractivity contribution in [3.05, 3.63) is 21.5 Å². The lowest BCUT2D eigenvalue weighted by Crippen LogP contribution is -2.33. The Bertz CT molecular complexity index is 674. The van der Waals surface area contributed by atoms with Gasteiger partial charge in [-0.3, -0.25) is 9.36 Å². The first kappa shape index (κ1) is 16.0. The molecular formula is C13H16FIN4O2. The number of benzene rings is 1. The maximum atomic E-state index is 13.7. The molecule has 2 aromatic rings. The molecule has 0 spiro atoms. The lowest BCUT2D eigenvalue weighted by Gasteiger charge is -2.16. The van der Waals surface area contributed by atoms with E-state index in [9.17, 15) is 9.18 Å². The van der Waals surface area contributed by atoms with Gasteiger partial charge >= 0.3 is 0 Å². The summed E-state index contributed by atoms with van der Waals surface area (Å²) < 4.78 is 20.6. The lowest BCUT2D eigenvalue weighted by atomic mass is 10.2. The average molecular weight is 406 g/mol. The third kappa shape index (κ3) is 3.26. The molecule has 0 aliphatic rings. The van der Waals surface area contributed by atoms with Gasteiger partial charge in [-0.25, -0.2) is 9.37 Å². The van der Waals surface area contributed by atoms with E-state index in [-0.39, 0.29) is 17.7 Å². The first-order valence-electron chi connectivity index (χ1n) is 6.34. The SMILES string of the molecule is COCCNC(=O)C(C)n1c(N)nc2cc(I)c(F)cc21. The quantitative estimate of drug-likeness (QED) is 0.585. The molecule has 1 unspecified atom stereocenters. The number of methoxy groups -OCH3 is 1. The van der Waals surface area contributed by atoms with E-state index in [0.717, 1.165) is 0 Å². The van der Waals surface area contributed by atoms with Crippen LogP contribution in [0.15, 0.2) is 12.1 Å². The number of aromatic nitrogens is 2. The number of nitrogens with zero attached hydrogens (tertiary/aromatic N) is 2. The van der Waals surface area contributed by atoms with Crippen LogP contribution in [0.25, 0.3) is 11.0 Å². The van der Waals surface area contributed by atoms with Crippen molar-refractivity contribution in [1.29, 1.82) is 0 Å². The summed E-state index contributed by atoms with van der Waals surface area (Å²) in [7, 11) is 1.56. The minimum Gasteiger partial charge on any atom is -0.383 e. The number of halogens is 2. The summed E-state index contributed by atoms with van der Waals surface area (Å²) in [5.41, 5.74) is 6.93. The molecule has 0 radical (unpaired) electrons. The fourth-order valence-corrected chi connectivity index (χ4v) is 2.51. The molecule has 2 rings (SSSR count). The van der Waals surface area contributed by atoms with E-state index in [0.29, 0.717) is 27.8 Å². The molecule has 1 aromatic carbocycles. The molecule has 1 aromatic heterocycles. The predicted octanol–water partition coefficient (Wildman–Crippen LogP) is 1.69. The van der Waals surface area contributed by atoms with E-state index in [1.54, 1.807) is 20.1 Å². The van der Waals surface area contributed by atoms with E-state index in [4.69, 9.17) is 10.5 Å². The van der Waals surface area contributed by atoms with Gasteiger partial charge in [-0.05, 0) is 35.6 Å². The van der Waals surface area contributed by atoms with E-state index in [1.165, 1.54) is 10.6 Å². The van der Waals surface area contributed by atoms with E-state index < -0.39 is 6.04 Å². The van der Waals surface area contributed by atoms with Crippen LogP contribution in [-0.4, -0.2) is 35.7 Å². The number of ether oxygens (including phenoxy) is 1. The molecule has 1 atom stereocenters. The highest BCUT2D eigenvalue weighted by Gasteiger charge is 2.21. The molecule has 0 aliphatic carbocycles. The number of nitrogen functional groups attached to an aromatic ring is 1. The van der Waals surface area contributed by atoms with Crippen molar-refractivity contribution in [3.63, 3.8) is 0 Å². The van der Waals surface area contributed by atoms with Crippen molar-refractivity contribution < 1.29 is 13.9 Å². The van der Waals surface area contributed by atoms with Crippen molar-refractivity contribution in [1.82, 2.24) is 14.9 Å². The molecule has 1 heterocycles. The van der Waals surface area contributed by atoms with Crippen LogP contribution in [0.3, 0.4) is 0 Å². The molecule has 8 heteroatoms. The molecule has 0 fully saturated rings. The number of anilines is 1. The number of imidazole rings is 1. The van der Waals surface area contributed by atoms with Gasteiger partial charge in [0.25, 0.3) is 0 Å². The molecule has 0 aliphatic heterocycles. The number of rotatable bonds is 5. The smallest absolute Gasteiger partial charge is 0.242 e. The standard InChI is InChI=1S/C13H16FIN4O2/c1-7(12(20)17-3-4-21-2)19-11-5-8(14)9(15)6-10(11)18-13(19)16/h5-7H,3-4H2,1-2H3,(H2,16,18)(H,17,20). The highest BCUT2D eigenvalue weighted by molar-refractivity contribution is 14.1. The molecule has 0 saturated carbocycles. The highest BCUT2D eigenvalue weighted by atomic mass is 127. The first-order valence-corrected chi connectivity index (χ1v) is 7.42. The summed E-state index contributed by atoms with van der Waals surface area (Å²) in [4.78, 5) is 16.3. The van der Waals surface area contributed by atoms with E-state index >= 15 is 0 Å². The summed E-state index contributed by atoms with van der Waals surface area (Å²) in [6.45, 7) is 2.51. The summed E-state index contributed by atoms with van der Waals surface area (Å²) >= 11 is 1.89. The average Bonchev–Trinajstić information content (AvgIpc) is 2.74. The summed E-state index contributed by atoms with van der Waals surface area (Å²) in [6.07, 6.45) is 0. The molecule has 1 amide bonds. The largest absolute Gasteiger partial charge is 0.383 e. The fourth-order valence-electron chi connectivity index (χ4n) is 2.06. The minimum atomic E-state index is -0.591. The molecule has 0 saturated heterocycles. The Morgan fingerprint density at radius 2 is 2.33 bits per heavy atom. The zero-order chi connectivity index (χ0) is 15.6. The Hall–Kier alpha value is -1.42. The van der Waals surface area contributed by atoms with Crippen LogP contribution in [0.4, 0.5) is 10.3 Å². The number of hydrogen-bond acceptors (Lipinski definition) is 4. The van der Waals surface area contributed by atoms with Crippen LogP contribution in [0.2, 0.25) is 0 Å². The maximum Gasteiger partial charge on any atom is 0.242 e. The van der Waals surface area contributed by atoms with Gasteiger partial charge in [-0.15, -0.1) is 0 Å². The van der Waals surface area contributed by atoms with Gasteiger partial charge in [-0.2, -0.15) is 0 Å². The van der Waals surface area contributed by atoms with Crippen molar-refractivity contribution in [2.24, 2.45) is 0 Å². The number of fused-ring (bicyclic) bond motifs is 1. The van der Waals surface area contributed by atoms with Crippen molar-refractivity contribution in [3.8, 4) is 0 Å². The predicted molar refractivity (Wildman–Crippen MR) is 86.4 cm³/mol. The molecule has 0 bridgehead atoms. The Morgan fingerprint density at radius 1 is 1.62 bits per heavy atom. The molecule has 21 heavy (non-hydrogen) atoms. The van der Waals surface area contributed by atoms with Crippen molar-refractivity contribution in [2.75, 3.05) is 26.0 Å². The van der Waals surface area contributed by atoms with Crippen LogP contribution >= 0.6 is 22.6 Å². The Labute approximate surface area is 135 Å². The zero-order valence-corrected chi connectivity index (χ0v) is 13.8. The van der Waals surface area contributed by atoms with E-state index in [2.05, 4.69) is 10.3 Å². The van der Waals surface area contributed by atoms with Gasteiger partial charge in [-0.1, -0.05) is 0 Å². The van der Waals surface area contributed by atoms with Crippen LogP contribution in [0.1, 0.15) is 13.0 Å². The molecule has 114 valence electrons. The second-order valence-corrected chi connectivity index (χ2v) is 5.72. The van der Waals surface area contributed by atoms with Gasteiger partial charge in [0, 0.05) is 19.7 Å². The summed E-state index contributed by atoms with van der Waals surface area (Å²) in [5.74, 6) is -0.408. The number of amides is 1. The highest BCUT2D eigenvalue weighted by Crippen LogP contribution is 2.26. The minimum absolute atomic E-state index is 0.181. The normalized spacial score (nSPS) is 12.6. The third-order valence-electron chi connectivity index (χ3n) is 3.13. The summed E-state index contributed by atoms with van der Waals surface area (Å²) in [6, 6.07) is 2.36. The van der Waals surface area contributed by atoms with Gasteiger partial charge < -0.3 is 15.8 Å². The Morgan fingerprint density at radius 3 is 3.00 bits per heavy atom. The molecular weight excluding hydrogens is 390 g/mol. The lowest BCUT2D eigenvalue weighted by molar-refractivity contribution is -0.123. The maximum absolute atomic E-state index is 13.7. The second-order valence-electron chi connectivity index (χ2n) is 4.55. The van der Waals surface area contributed by atoms with Gasteiger partial charge in [0.2, 0.25) is 11.9 Å². The van der Waals surface area contributed by atoms with Gasteiger partial charge in [0.15, 0.2) is 0 Å². The topological polar surface area (TPSA) is 82.2 Å². The van der Waals surface area contributed by atoms with Gasteiger partial charge in [0.1, 0.15) is 11.9 Å². The summed E-state index contributed by atoms with van der Waals surface area (Å²) in [5, 5.41) is 2.73. The monoisotopic (exact) mass is 406 g/mol. The Balaban J connectivity index is 2.34. The third-order valence-corrected chi connectivity index (χ3v) is 3.96. The van der Waals surface area contributed by atoms with Crippen LogP contribution in [0.5, 0.6) is 0 Å². The van der Waals surface area contributed by atoms with Crippen molar-refractivity contribution >= 4 is 45.5 Å². The first-order chi connectivity index (χ1) is 9.95. The Kier molecular flexibility index (Phi) is 4.99. The van der Waals surface area contributed by atoms with Crippen LogP contribution in [-0.2, 0) is 9.53 Å². The van der Waals surface area contributed by atoms with Crippen molar-refractivity contribution in [2.45, 2.75) is 13.0 Å². The number of hydrogen-bond donors (Lipinski definition) is 2. The number of carbonyl (C=O) groups excluding carboxylic acids is 1. The molecule has 3 N–H and O–H groups in total. The fraction of sp³-hybridized carbons (Fsp3) is 0.385. The number of nitrogens with two attached hydrogens (primary N) is 1.